The number of hydrogen-bond donors (Lipinski definition) is 2. The fourth-order valence-corrected chi connectivity index (χ4v) is 5.38. The van der Waals surface area contributed by atoms with Gasteiger partial charge < -0.3 is 24.5 Å². The van der Waals surface area contributed by atoms with E-state index < -0.39 is 5.54 Å². The number of aryl methyl sites for hydroxylation is 1. The van der Waals surface area contributed by atoms with Gasteiger partial charge in [0, 0.05) is 36.4 Å². The molecule has 9 heteroatoms. The smallest absolute Gasteiger partial charge is 0.319 e. The number of amides is 3. The Labute approximate surface area is 197 Å². The Bertz CT molecular complexity index is 1240. The van der Waals surface area contributed by atoms with Crippen molar-refractivity contribution in [3.63, 3.8) is 0 Å². The second-order valence-electron chi connectivity index (χ2n) is 9.34. The van der Waals surface area contributed by atoms with Crippen molar-refractivity contribution in [2.24, 2.45) is 7.05 Å². The highest BCUT2D eigenvalue weighted by atomic mass is 35.5. The Morgan fingerprint density at radius 2 is 2.06 bits per heavy atom. The number of urea groups is 1. The zero-order valence-corrected chi connectivity index (χ0v) is 19.8. The van der Waals surface area contributed by atoms with E-state index in [-0.39, 0.29) is 23.7 Å². The van der Waals surface area contributed by atoms with Crippen LogP contribution >= 0.6 is 11.6 Å². The number of halogens is 1. The molecule has 3 heterocycles. The molecule has 3 aromatic rings. The van der Waals surface area contributed by atoms with Gasteiger partial charge in [-0.15, -0.1) is 0 Å². The van der Waals surface area contributed by atoms with Gasteiger partial charge in [0.25, 0.3) is 5.91 Å². The number of anilines is 1. The first kappa shape index (κ1) is 21.8. The fourth-order valence-electron chi connectivity index (χ4n) is 5.12. The Hall–Kier alpha value is -3.00. The second kappa shape index (κ2) is 8.09. The summed E-state index contributed by atoms with van der Waals surface area (Å²) in [5, 5.41) is 7.21. The molecule has 0 radical (unpaired) electrons. The normalized spacial score (nSPS) is 17.2. The molecule has 174 valence electrons. The van der Waals surface area contributed by atoms with Gasteiger partial charge in [-0.25, -0.2) is 9.78 Å². The van der Waals surface area contributed by atoms with Crippen molar-refractivity contribution in [3.05, 3.63) is 46.7 Å². The second-order valence-corrected chi connectivity index (χ2v) is 9.75. The first-order valence-corrected chi connectivity index (χ1v) is 11.8. The van der Waals surface area contributed by atoms with Gasteiger partial charge >= 0.3 is 6.03 Å². The van der Waals surface area contributed by atoms with Crippen molar-refractivity contribution >= 4 is 40.2 Å². The molecule has 0 saturated heterocycles. The zero-order chi connectivity index (χ0) is 23.3. The summed E-state index contributed by atoms with van der Waals surface area (Å²) in [6.45, 7) is 4.31. The Balaban J connectivity index is 1.60. The van der Waals surface area contributed by atoms with Crippen molar-refractivity contribution in [1.29, 1.82) is 0 Å². The van der Waals surface area contributed by atoms with Crippen LogP contribution in [-0.2, 0) is 19.1 Å². The predicted octanol–water partition coefficient (Wildman–Crippen LogP) is 5.17. The number of imidazole rings is 1. The van der Waals surface area contributed by atoms with Gasteiger partial charge in [-0.05, 0) is 38.8 Å². The molecule has 0 atom stereocenters. The maximum Gasteiger partial charge on any atom is 0.319 e. The topological polar surface area (TPSA) is 92.4 Å². The van der Waals surface area contributed by atoms with E-state index in [0.29, 0.717) is 22.8 Å². The van der Waals surface area contributed by atoms with Crippen molar-refractivity contribution in [1.82, 2.24) is 19.8 Å². The monoisotopic (exact) mass is 469 g/mol. The number of aromatic nitrogens is 2. The molecule has 2 aliphatic rings. The summed E-state index contributed by atoms with van der Waals surface area (Å²) in [6.07, 6.45) is 8.34. The molecule has 1 fully saturated rings. The number of nitrogens with one attached hydrogen (secondary N) is 2. The van der Waals surface area contributed by atoms with E-state index in [0.717, 1.165) is 48.9 Å². The van der Waals surface area contributed by atoms with Gasteiger partial charge in [-0.1, -0.05) is 30.9 Å². The summed E-state index contributed by atoms with van der Waals surface area (Å²) in [7, 11) is 1.91. The van der Waals surface area contributed by atoms with Gasteiger partial charge in [-0.2, -0.15) is 0 Å². The number of hydrogen-bond acceptors (Lipinski definition) is 4. The van der Waals surface area contributed by atoms with Crippen molar-refractivity contribution in [3.8, 4) is 0 Å². The number of nitrogens with zero attached hydrogens (tertiary/aromatic N) is 3. The minimum absolute atomic E-state index is 0.0504. The SMILES string of the molecule is CC(C)N(Cc1nccn1C)C(=O)c1cc2cc(Cl)c3c(c2o1)C1(CCCCC1)NC(=O)N3. The van der Waals surface area contributed by atoms with Gasteiger partial charge in [0.2, 0.25) is 0 Å². The summed E-state index contributed by atoms with van der Waals surface area (Å²) in [6, 6.07) is 3.21. The van der Waals surface area contributed by atoms with Gasteiger partial charge in [-0.3, -0.25) is 4.79 Å². The van der Waals surface area contributed by atoms with E-state index in [1.807, 2.05) is 31.7 Å². The number of carbonyl (C=O) groups excluding carboxylic acids is 2. The third kappa shape index (κ3) is 3.66. The lowest BCUT2D eigenvalue weighted by atomic mass is 9.74. The molecule has 1 spiro atoms. The van der Waals surface area contributed by atoms with E-state index in [1.165, 1.54) is 0 Å². The third-order valence-electron chi connectivity index (χ3n) is 6.86. The van der Waals surface area contributed by atoms with Crippen LogP contribution in [-0.4, -0.2) is 32.4 Å². The van der Waals surface area contributed by atoms with Gasteiger partial charge in [0.1, 0.15) is 11.4 Å². The van der Waals surface area contributed by atoms with Crippen LogP contribution in [0.4, 0.5) is 10.5 Å². The Morgan fingerprint density at radius 3 is 2.73 bits per heavy atom. The summed E-state index contributed by atoms with van der Waals surface area (Å²) in [5.74, 6) is 0.835. The summed E-state index contributed by atoms with van der Waals surface area (Å²) >= 11 is 6.61. The predicted molar refractivity (Wildman–Crippen MR) is 126 cm³/mol. The van der Waals surface area contributed by atoms with Crippen LogP contribution in [0, 0.1) is 0 Å². The van der Waals surface area contributed by atoms with E-state index in [9.17, 15) is 9.59 Å². The molecule has 5 rings (SSSR count). The molecule has 0 bridgehead atoms. The minimum Gasteiger partial charge on any atom is -0.450 e. The quantitative estimate of drug-likeness (QED) is 0.551. The lowest BCUT2D eigenvalue weighted by Crippen LogP contribution is -2.52. The van der Waals surface area contributed by atoms with Crippen LogP contribution in [0.2, 0.25) is 5.02 Å². The minimum atomic E-state index is -0.540. The third-order valence-corrected chi connectivity index (χ3v) is 7.16. The molecule has 3 amide bonds. The summed E-state index contributed by atoms with van der Waals surface area (Å²) in [4.78, 5) is 32.1. The number of benzene rings is 1. The molecule has 1 aliphatic heterocycles. The maximum atomic E-state index is 13.5. The Kier molecular flexibility index (Phi) is 5.35. The number of furan rings is 1. The summed E-state index contributed by atoms with van der Waals surface area (Å²) in [5.41, 5.74) is 1.50. The highest BCUT2D eigenvalue weighted by Crippen LogP contribution is 2.49. The van der Waals surface area contributed by atoms with E-state index in [2.05, 4.69) is 15.6 Å². The summed E-state index contributed by atoms with van der Waals surface area (Å²) < 4.78 is 8.16. The average Bonchev–Trinajstić information content (AvgIpc) is 3.37. The molecule has 0 unspecified atom stereocenters. The average molecular weight is 470 g/mol. The first-order valence-electron chi connectivity index (χ1n) is 11.4. The molecular weight excluding hydrogens is 442 g/mol. The highest BCUT2D eigenvalue weighted by Gasteiger charge is 2.44. The largest absolute Gasteiger partial charge is 0.450 e. The van der Waals surface area contributed by atoms with Crippen molar-refractivity contribution in [2.75, 3.05) is 5.32 Å². The number of fused-ring (bicyclic) bond motifs is 4. The van der Waals surface area contributed by atoms with Gasteiger partial charge in [0.05, 0.1) is 22.8 Å². The van der Waals surface area contributed by atoms with Crippen molar-refractivity contribution in [2.45, 2.75) is 64.1 Å². The highest BCUT2D eigenvalue weighted by molar-refractivity contribution is 6.35. The van der Waals surface area contributed by atoms with Crippen LogP contribution in [0.5, 0.6) is 0 Å². The molecule has 1 saturated carbocycles. The number of rotatable bonds is 4. The molecule has 2 N–H and O–H groups in total. The van der Waals surface area contributed by atoms with Crippen molar-refractivity contribution < 1.29 is 14.0 Å². The van der Waals surface area contributed by atoms with Crippen LogP contribution in [0.1, 0.15) is 67.9 Å². The van der Waals surface area contributed by atoms with E-state index in [1.54, 1.807) is 23.2 Å². The van der Waals surface area contributed by atoms with E-state index in [4.69, 9.17) is 16.0 Å². The fraction of sp³-hybridized carbons (Fsp3) is 0.458. The molecule has 33 heavy (non-hydrogen) atoms. The van der Waals surface area contributed by atoms with Gasteiger partial charge in [0.15, 0.2) is 5.76 Å². The standard InChI is InChI=1S/C24H28ClN5O3/c1-14(2)30(13-18-26-9-10-29(18)3)22(31)17-12-15-11-16(25)20-19(21(15)33-17)24(28-23(32)27-20)7-5-4-6-8-24/h9-12,14H,4-8,13H2,1-3H3,(H2,27,28,32). The molecule has 8 nitrogen and oxygen atoms in total. The van der Waals surface area contributed by atoms with Crippen LogP contribution < -0.4 is 10.6 Å². The lowest BCUT2D eigenvalue weighted by Gasteiger charge is -2.42. The first-order chi connectivity index (χ1) is 15.8. The maximum absolute atomic E-state index is 13.5. The lowest BCUT2D eigenvalue weighted by molar-refractivity contribution is 0.0652. The molecule has 2 aromatic heterocycles. The van der Waals surface area contributed by atoms with E-state index >= 15 is 0 Å². The molecule has 1 aliphatic carbocycles. The number of carbonyl (C=O) groups is 2. The molecular formula is C24H28ClN5O3. The van der Waals surface area contributed by atoms with Crippen LogP contribution in [0.25, 0.3) is 11.0 Å². The zero-order valence-electron chi connectivity index (χ0n) is 19.1. The van der Waals surface area contributed by atoms with Crippen LogP contribution in [0.15, 0.2) is 28.9 Å². The molecule has 1 aromatic carbocycles. The Morgan fingerprint density at radius 1 is 1.30 bits per heavy atom. The van der Waals surface area contributed by atoms with Crippen LogP contribution in [0.3, 0.4) is 0 Å².